The van der Waals surface area contributed by atoms with Crippen molar-refractivity contribution in [2.24, 2.45) is 0 Å². The van der Waals surface area contributed by atoms with Gasteiger partial charge in [-0.2, -0.15) is 0 Å². The molecule has 2 rings (SSSR count). The summed E-state index contributed by atoms with van der Waals surface area (Å²) in [6, 6.07) is 12.8. The third kappa shape index (κ3) is 4.61. The van der Waals surface area contributed by atoms with Gasteiger partial charge in [-0.25, -0.2) is 0 Å². The molecule has 1 amide bonds. The van der Waals surface area contributed by atoms with Crippen LogP contribution in [-0.4, -0.2) is 18.5 Å². The van der Waals surface area contributed by atoms with E-state index in [1.165, 1.54) is 24.3 Å². The summed E-state index contributed by atoms with van der Waals surface area (Å²) in [5.41, 5.74) is 0.545. The van der Waals surface area contributed by atoms with Crippen LogP contribution in [0.25, 0.3) is 0 Å². The van der Waals surface area contributed by atoms with Gasteiger partial charge in [-0.15, -0.1) is 0 Å². The Kier molecular flexibility index (Phi) is 4.94. The number of carbonyl (C=O) groups excluding carboxylic acids is 2. The maximum absolute atomic E-state index is 11.7. The first-order valence-corrected chi connectivity index (χ1v) is 6.83. The molecule has 0 unspecified atom stereocenters. The number of halogens is 1. The van der Waals surface area contributed by atoms with E-state index >= 15 is 0 Å². The van der Waals surface area contributed by atoms with Crippen molar-refractivity contribution in [2.75, 3.05) is 11.9 Å². The van der Waals surface area contributed by atoms with Gasteiger partial charge in [-0.3, -0.25) is 4.79 Å². The van der Waals surface area contributed by atoms with Crippen LogP contribution >= 0.6 is 15.9 Å². The number of hydrogen-bond acceptors (Lipinski definition) is 4. The monoisotopic (exact) mass is 348 g/mol. The lowest BCUT2D eigenvalue weighted by Gasteiger charge is -2.08. The number of amides is 1. The van der Waals surface area contributed by atoms with Crippen molar-refractivity contribution >= 4 is 33.5 Å². The molecule has 0 heterocycles. The third-order valence-corrected chi connectivity index (χ3v) is 3.12. The van der Waals surface area contributed by atoms with Crippen LogP contribution in [0.3, 0.4) is 0 Å². The number of rotatable bonds is 5. The van der Waals surface area contributed by atoms with Gasteiger partial charge in [-0.1, -0.05) is 28.1 Å². The molecule has 6 heteroatoms. The average Bonchev–Trinajstić information content (AvgIpc) is 2.47. The molecule has 0 aromatic heterocycles. The van der Waals surface area contributed by atoms with Crippen molar-refractivity contribution in [3.05, 3.63) is 58.6 Å². The number of nitrogens with one attached hydrogen (secondary N) is 1. The Hall–Kier alpha value is -2.34. The van der Waals surface area contributed by atoms with Crippen LogP contribution in [0, 0.1) is 0 Å². The highest BCUT2D eigenvalue weighted by Crippen LogP contribution is 2.16. The van der Waals surface area contributed by atoms with E-state index in [1.807, 2.05) is 12.1 Å². The van der Waals surface area contributed by atoms with E-state index in [-0.39, 0.29) is 18.1 Å². The molecule has 0 bridgehead atoms. The van der Waals surface area contributed by atoms with Gasteiger partial charge in [-0.05, 0) is 42.0 Å². The maximum Gasteiger partial charge on any atom is 0.262 e. The Morgan fingerprint density at radius 3 is 2.24 bits per heavy atom. The lowest BCUT2D eigenvalue weighted by Crippen LogP contribution is -2.22. The molecule has 1 N–H and O–H groups in total. The Morgan fingerprint density at radius 1 is 1.05 bits per heavy atom. The van der Waals surface area contributed by atoms with Gasteiger partial charge in [0.1, 0.15) is 5.75 Å². The van der Waals surface area contributed by atoms with E-state index in [4.69, 9.17) is 4.74 Å². The zero-order valence-electron chi connectivity index (χ0n) is 10.8. The Labute approximate surface area is 129 Å². The van der Waals surface area contributed by atoms with Crippen LogP contribution in [0.5, 0.6) is 5.75 Å². The maximum atomic E-state index is 11.7. The zero-order valence-corrected chi connectivity index (χ0v) is 12.4. The van der Waals surface area contributed by atoms with Crippen molar-refractivity contribution in [3.8, 4) is 5.75 Å². The molecule has 21 heavy (non-hydrogen) atoms. The van der Waals surface area contributed by atoms with E-state index in [9.17, 15) is 14.7 Å². The number of carbonyl (C=O) groups is 2. The number of anilines is 1. The molecule has 5 nitrogen and oxygen atoms in total. The van der Waals surface area contributed by atoms with Gasteiger partial charge in [0, 0.05) is 10.2 Å². The summed E-state index contributed by atoms with van der Waals surface area (Å²) in [7, 11) is 0. The SMILES string of the molecule is O=C(COc1ccc(Br)cc1)Nc1ccc(C(=O)[O-])cc1. The number of aromatic carboxylic acids is 1. The van der Waals surface area contributed by atoms with Gasteiger partial charge >= 0.3 is 0 Å². The molecule has 2 aromatic rings. The average molecular weight is 349 g/mol. The molecule has 0 spiro atoms. The van der Waals surface area contributed by atoms with Crippen molar-refractivity contribution in [3.63, 3.8) is 0 Å². The molecule has 0 saturated heterocycles. The first-order valence-electron chi connectivity index (χ1n) is 6.04. The predicted octanol–water partition coefficient (Wildman–Crippen LogP) is 1.83. The van der Waals surface area contributed by atoms with Crippen LogP contribution in [0.15, 0.2) is 53.0 Å². The highest BCUT2D eigenvalue weighted by Gasteiger charge is 2.04. The number of benzene rings is 2. The number of carboxylic acids is 1. The van der Waals surface area contributed by atoms with Crippen LogP contribution in [0.4, 0.5) is 5.69 Å². The second-order valence-corrected chi connectivity index (χ2v) is 5.07. The summed E-state index contributed by atoms with van der Waals surface area (Å²) >= 11 is 3.30. The van der Waals surface area contributed by atoms with E-state index in [0.29, 0.717) is 11.4 Å². The second-order valence-electron chi connectivity index (χ2n) is 4.16. The highest BCUT2D eigenvalue weighted by atomic mass is 79.9. The fraction of sp³-hybridized carbons (Fsp3) is 0.0667. The minimum atomic E-state index is -1.26. The van der Waals surface area contributed by atoms with Crippen LogP contribution < -0.4 is 15.2 Å². The third-order valence-electron chi connectivity index (χ3n) is 2.59. The summed E-state index contributed by atoms with van der Waals surface area (Å²) in [6.45, 7) is -0.135. The zero-order chi connectivity index (χ0) is 15.2. The molecule has 0 atom stereocenters. The minimum absolute atomic E-state index is 0.0547. The quantitative estimate of drug-likeness (QED) is 0.893. The normalized spacial score (nSPS) is 9.95. The summed E-state index contributed by atoms with van der Waals surface area (Å²) < 4.78 is 6.24. The Bertz CT molecular complexity index is 638. The van der Waals surface area contributed by atoms with Crippen molar-refractivity contribution in [2.45, 2.75) is 0 Å². The lowest BCUT2D eigenvalue weighted by atomic mass is 10.2. The molecule has 0 radical (unpaired) electrons. The van der Waals surface area contributed by atoms with Crippen molar-refractivity contribution in [1.29, 1.82) is 0 Å². The fourth-order valence-electron chi connectivity index (χ4n) is 1.57. The first-order chi connectivity index (χ1) is 10.0. The van der Waals surface area contributed by atoms with Gasteiger partial charge in [0.2, 0.25) is 0 Å². The smallest absolute Gasteiger partial charge is 0.262 e. The summed E-state index contributed by atoms with van der Waals surface area (Å²) in [4.78, 5) is 22.3. The van der Waals surface area contributed by atoms with E-state index in [1.54, 1.807) is 12.1 Å². The predicted molar refractivity (Wildman–Crippen MR) is 79.0 cm³/mol. The standard InChI is InChI=1S/C15H12BrNO4/c16-11-3-7-13(8-4-11)21-9-14(18)17-12-5-1-10(2-6-12)15(19)20/h1-8H,9H2,(H,17,18)(H,19,20)/p-1. The largest absolute Gasteiger partial charge is 0.545 e. The number of hydrogen-bond donors (Lipinski definition) is 1. The Morgan fingerprint density at radius 2 is 1.67 bits per heavy atom. The lowest BCUT2D eigenvalue weighted by molar-refractivity contribution is -0.255. The van der Waals surface area contributed by atoms with Gasteiger partial charge in [0.15, 0.2) is 6.61 Å². The topological polar surface area (TPSA) is 78.5 Å². The highest BCUT2D eigenvalue weighted by molar-refractivity contribution is 9.10. The van der Waals surface area contributed by atoms with Crippen LogP contribution in [-0.2, 0) is 4.79 Å². The summed E-state index contributed by atoms with van der Waals surface area (Å²) in [6.07, 6.45) is 0. The van der Waals surface area contributed by atoms with Gasteiger partial charge in [0.25, 0.3) is 5.91 Å². The van der Waals surface area contributed by atoms with Crippen LogP contribution in [0.1, 0.15) is 10.4 Å². The van der Waals surface area contributed by atoms with Crippen molar-refractivity contribution in [1.82, 2.24) is 0 Å². The fourth-order valence-corrected chi connectivity index (χ4v) is 1.83. The van der Waals surface area contributed by atoms with E-state index in [2.05, 4.69) is 21.2 Å². The molecule has 108 valence electrons. The van der Waals surface area contributed by atoms with Gasteiger partial charge in [0.05, 0.1) is 5.97 Å². The number of carboxylic acid groups (broad SMARTS) is 1. The summed E-state index contributed by atoms with van der Waals surface area (Å²) in [5.74, 6) is -1.01. The van der Waals surface area contributed by atoms with Crippen LogP contribution in [0.2, 0.25) is 0 Å². The first kappa shape index (κ1) is 15.1. The molecule has 0 saturated carbocycles. The molecule has 0 aliphatic heterocycles. The molecule has 2 aromatic carbocycles. The Balaban J connectivity index is 1.86. The number of ether oxygens (including phenoxy) is 1. The van der Waals surface area contributed by atoms with E-state index < -0.39 is 5.97 Å². The molecular weight excluding hydrogens is 338 g/mol. The minimum Gasteiger partial charge on any atom is -0.545 e. The van der Waals surface area contributed by atoms with E-state index in [0.717, 1.165) is 4.47 Å². The molecular formula is C15H11BrNO4-. The molecule has 0 aliphatic carbocycles. The molecule has 0 fully saturated rings. The van der Waals surface area contributed by atoms with Crippen molar-refractivity contribution < 1.29 is 19.4 Å². The molecule has 0 aliphatic rings. The second kappa shape index (κ2) is 6.90. The van der Waals surface area contributed by atoms with Gasteiger partial charge < -0.3 is 20.0 Å². The summed E-state index contributed by atoms with van der Waals surface area (Å²) in [5, 5.41) is 13.2.